The lowest BCUT2D eigenvalue weighted by atomic mass is 9.95. The zero-order valence-corrected chi connectivity index (χ0v) is 14.2. The number of hydrogen-bond donors (Lipinski definition) is 2. The van der Waals surface area contributed by atoms with E-state index in [0.29, 0.717) is 6.54 Å². The Balaban J connectivity index is 1.55. The zero-order chi connectivity index (χ0) is 18.3. The summed E-state index contributed by atoms with van der Waals surface area (Å²) < 4.78 is 31.7. The van der Waals surface area contributed by atoms with Gasteiger partial charge in [0, 0.05) is 34.6 Å². The van der Waals surface area contributed by atoms with Gasteiger partial charge in [0.25, 0.3) is 5.91 Å². The average Bonchev–Trinajstić information content (AvgIpc) is 3.32. The maximum Gasteiger partial charge on any atom is 0.251 e. The molecule has 0 bridgehead atoms. The van der Waals surface area contributed by atoms with E-state index in [1.807, 2.05) is 24.4 Å². The summed E-state index contributed by atoms with van der Waals surface area (Å²) in [5.41, 5.74) is 2.12. The molecule has 134 valence electrons. The molecule has 0 unspecified atom stereocenters. The Morgan fingerprint density at radius 1 is 1.19 bits per heavy atom. The Hall–Kier alpha value is -2.89. The summed E-state index contributed by atoms with van der Waals surface area (Å²) in [7, 11) is 1.63. The molecule has 0 spiro atoms. The van der Waals surface area contributed by atoms with E-state index in [9.17, 15) is 13.6 Å². The summed E-state index contributed by atoms with van der Waals surface area (Å²) in [6.45, 7) is 0.439. The highest BCUT2D eigenvalue weighted by atomic mass is 19.2. The zero-order valence-electron chi connectivity index (χ0n) is 14.2. The van der Waals surface area contributed by atoms with Crippen LogP contribution in [0.3, 0.4) is 0 Å². The minimum atomic E-state index is -1.03. The third-order valence-corrected chi connectivity index (χ3v) is 5.08. The van der Waals surface area contributed by atoms with Crippen molar-refractivity contribution in [2.75, 3.05) is 13.7 Å². The van der Waals surface area contributed by atoms with Gasteiger partial charge in [-0.1, -0.05) is 0 Å². The average molecular weight is 356 g/mol. The number of H-pyrrole nitrogens is 1. The summed E-state index contributed by atoms with van der Waals surface area (Å²) >= 11 is 0. The van der Waals surface area contributed by atoms with E-state index in [4.69, 9.17) is 4.74 Å². The van der Waals surface area contributed by atoms with Crippen molar-refractivity contribution in [1.29, 1.82) is 0 Å². The van der Waals surface area contributed by atoms with Crippen molar-refractivity contribution >= 4 is 16.8 Å². The van der Waals surface area contributed by atoms with Crippen LogP contribution in [0.25, 0.3) is 10.9 Å². The Morgan fingerprint density at radius 3 is 2.69 bits per heavy atom. The monoisotopic (exact) mass is 356 g/mol. The predicted molar refractivity (Wildman–Crippen MR) is 94.5 cm³/mol. The molecule has 1 fully saturated rings. The van der Waals surface area contributed by atoms with Crippen LogP contribution in [0, 0.1) is 11.6 Å². The van der Waals surface area contributed by atoms with Crippen molar-refractivity contribution in [1.82, 2.24) is 10.3 Å². The highest BCUT2D eigenvalue weighted by Crippen LogP contribution is 2.50. The summed E-state index contributed by atoms with van der Waals surface area (Å²) in [6.07, 6.45) is 3.88. The Kier molecular flexibility index (Phi) is 3.90. The lowest BCUT2D eigenvalue weighted by molar-refractivity contribution is 0.0949. The first-order chi connectivity index (χ1) is 12.5. The maximum absolute atomic E-state index is 13.3. The SMILES string of the molecule is COc1ccc2[nH]cc(C3(CNC(=O)c4ccc(F)c(F)c4)CC3)c2c1. The Bertz CT molecular complexity index is 993. The molecule has 2 N–H and O–H groups in total. The van der Waals surface area contributed by atoms with Crippen molar-refractivity contribution in [3.8, 4) is 5.75 Å². The standard InChI is InChI=1S/C20H18F2N2O2/c1-26-13-3-5-18-14(9-13)15(10-23-18)20(6-7-20)11-24-19(25)12-2-4-16(21)17(22)8-12/h2-5,8-10,23H,6-7,11H2,1H3,(H,24,25). The van der Waals surface area contributed by atoms with E-state index in [0.717, 1.165) is 47.2 Å². The van der Waals surface area contributed by atoms with Crippen LogP contribution in [-0.4, -0.2) is 24.5 Å². The maximum atomic E-state index is 13.3. The van der Waals surface area contributed by atoms with Crippen LogP contribution in [0.5, 0.6) is 5.75 Å². The van der Waals surface area contributed by atoms with Gasteiger partial charge in [0.2, 0.25) is 0 Å². The van der Waals surface area contributed by atoms with Crippen molar-refractivity contribution in [2.24, 2.45) is 0 Å². The molecule has 1 aliphatic rings. The lowest BCUT2D eigenvalue weighted by Gasteiger charge is -2.16. The number of halogens is 2. The van der Waals surface area contributed by atoms with Gasteiger partial charge in [0.1, 0.15) is 5.75 Å². The van der Waals surface area contributed by atoms with Crippen LogP contribution in [-0.2, 0) is 5.41 Å². The first-order valence-corrected chi connectivity index (χ1v) is 8.41. The second-order valence-corrected chi connectivity index (χ2v) is 6.71. The second-order valence-electron chi connectivity index (χ2n) is 6.71. The van der Waals surface area contributed by atoms with Gasteiger partial charge in [-0.05, 0) is 54.8 Å². The third kappa shape index (κ3) is 2.81. The van der Waals surface area contributed by atoms with Crippen molar-refractivity contribution in [3.05, 3.63) is 65.4 Å². The number of hydrogen-bond acceptors (Lipinski definition) is 2. The quantitative estimate of drug-likeness (QED) is 0.728. The minimum Gasteiger partial charge on any atom is -0.497 e. The molecular weight excluding hydrogens is 338 g/mol. The first kappa shape index (κ1) is 16.6. The van der Waals surface area contributed by atoms with Crippen LogP contribution in [0.15, 0.2) is 42.6 Å². The van der Waals surface area contributed by atoms with Gasteiger partial charge in [-0.2, -0.15) is 0 Å². The number of aromatic nitrogens is 1. The molecule has 26 heavy (non-hydrogen) atoms. The predicted octanol–water partition coefficient (Wildman–Crippen LogP) is 3.92. The number of nitrogens with one attached hydrogen (secondary N) is 2. The van der Waals surface area contributed by atoms with E-state index in [1.165, 1.54) is 6.07 Å². The Labute approximate surface area is 149 Å². The molecule has 1 amide bonds. The number of carbonyl (C=O) groups excluding carboxylic acids is 1. The van der Waals surface area contributed by atoms with Crippen molar-refractivity contribution in [2.45, 2.75) is 18.3 Å². The molecule has 1 heterocycles. The van der Waals surface area contributed by atoms with Crippen molar-refractivity contribution in [3.63, 3.8) is 0 Å². The molecule has 3 aromatic rings. The molecule has 4 rings (SSSR count). The van der Waals surface area contributed by atoms with Crippen LogP contribution >= 0.6 is 0 Å². The lowest BCUT2D eigenvalue weighted by Crippen LogP contribution is -2.32. The number of aromatic amines is 1. The molecule has 1 saturated carbocycles. The van der Waals surface area contributed by atoms with Gasteiger partial charge < -0.3 is 15.0 Å². The first-order valence-electron chi connectivity index (χ1n) is 8.41. The van der Waals surface area contributed by atoms with Gasteiger partial charge in [0.15, 0.2) is 11.6 Å². The Morgan fingerprint density at radius 2 is 2.00 bits per heavy atom. The van der Waals surface area contributed by atoms with E-state index in [2.05, 4.69) is 10.3 Å². The number of ether oxygens (including phenoxy) is 1. The van der Waals surface area contributed by atoms with Crippen LogP contribution in [0.2, 0.25) is 0 Å². The van der Waals surface area contributed by atoms with Gasteiger partial charge in [-0.15, -0.1) is 0 Å². The fourth-order valence-electron chi connectivity index (χ4n) is 3.35. The van der Waals surface area contributed by atoms with E-state index in [-0.39, 0.29) is 11.0 Å². The summed E-state index contributed by atoms with van der Waals surface area (Å²) in [4.78, 5) is 15.5. The number of fused-ring (bicyclic) bond motifs is 1. The third-order valence-electron chi connectivity index (χ3n) is 5.08. The number of methoxy groups -OCH3 is 1. The molecule has 6 heteroatoms. The highest BCUT2D eigenvalue weighted by molar-refractivity contribution is 5.94. The van der Waals surface area contributed by atoms with E-state index in [1.54, 1.807) is 7.11 Å². The molecule has 0 aliphatic heterocycles. The van der Waals surface area contributed by atoms with Gasteiger partial charge in [-0.3, -0.25) is 4.79 Å². The largest absolute Gasteiger partial charge is 0.497 e. The summed E-state index contributed by atoms with van der Waals surface area (Å²) in [5.74, 6) is -1.62. The summed E-state index contributed by atoms with van der Waals surface area (Å²) in [6, 6.07) is 9.01. The second kappa shape index (κ2) is 6.12. The molecular formula is C20H18F2N2O2. The number of rotatable bonds is 5. The minimum absolute atomic E-state index is 0.111. The van der Waals surface area contributed by atoms with Gasteiger partial charge >= 0.3 is 0 Å². The molecule has 0 saturated heterocycles. The summed E-state index contributed by atoms with van der Waals surface area (Å²) in [5, 5.41) is 3.93. The fourth-order valence-corrected chi connectivity index (χ4v) is 3.35. The number of carbonyl (C=O) groups is 1. The van der Waals surface area contributed by atoms with Crippen molar-refractivity contribution < 1.29 is 18.3 Å². The molecule has 1 aromatic heterocycles. The molecule has 4 nitrogen and oxygen atoms in total. The molecule has 0 atom stereocenters. The van der Waals surface area contributed by atoms with Crippen LogP contribution in [0.4, 0.5) is 8.78 Å². The van der Waals surface area contributed by atoms with E-state index >= 15 is 0 Å². The van der Waals surface area contributed by atoms with Gasteiger partial charge in [0.05, 0.1) is 7.11 Å². The topological polar surface area (TPSA) is 54.1 Å². The fraction of sp³-hybridized carbons (Fsp3) is 0.250. The van der Waals surface area contributed by atoms with Crippen LogP contribution in [0.1, 0.15) is 28.8 Å². The normalized spacial score (nSPS) is 15.0. The molecule has 2 aromatic carbocycles. The number of benzene rings is 2. The van der Waals surface area contributed by atoms with E-state index < -0.39 is 17.5 Å². The number of amides is 1. The highest BCUT2D eigenvalue weighted by Gasteiger charge is 2.46. The van der Waals surface area contributed by atoms with Gasteiger partial charge in [-0.25, -0.2) is 8.78 Å². The molecule has 1 aliphatic carbocycles. The van der Waals surface area contributed by atoms with Crippen LogP contribution < -0.4 is 10.1 Å². The molecule has 0 radical (unpaired) electrons. The smallest absolute Gasteiger partial charge is 0.251 e.